The van der Waals surface area contributed by atoms with Crippen molar-refractivity contribution < 1.29 is 14.7 Å². The monoisotopic (exact) mass is 316 g/mol. The highest BCUT2D eigenvalue weighted by Crippen LogP contribution is 2.24. The molecular weight excluding hydrogens is 296 g/mol. The average molecular weight is 316 g/mol. The van der Waals surface area contributed by atoms with E-state index >= 15 is 0 Å². The van der Waals surface area contributed by atoms with Crippen LogP contribution in [0.2, 0.25) is 0 Å². The lowest BCUT2D eigenvalue weighted by atomic mass is 9.84. The summed E-state index contributed by atoms with van der Waals surface area (Å²) < 4.78 is 0. The molecule has 23 heavy (non-hydrogen) atoms. The molecule has 7 nitrogen and oxygen atoms in total. The normalized spacial score (nSPS) is 23.6. The molecule has 2 aliphatic rings. The van der Waals surface area contributed by atoms with Gasteiger partial charge in [0.1, 0.15) is 11.4 Å². The zero-order valence-corrected chi connectivity index (χ0v) is 12.6. The minimum absolute atomic E-state index is 0.0857. The molecule has 0 fully saturated rings. The highest BCUT2D eigenvalue weighted by molar-refractivity contribution is 6.04. The Labute approximate surface area is 133 Å². The van der Waals surface area contributed by atoms with E-state index in [4.69, 9.17) is 5.73 Å². The van der Waals surface area contributed by atoms with Crippen molar-refractivity contribution in [1.29, 1.82) is 0 Å². The molecule has 0 radical (unpaired) electrons. The molecule has 0 saturated carbocycles. The smallest absolute Gasteiger partial charge is 0.272 e. The van der Waals surface area contributed by atoms with Crippen LogP contribution in [0.4, 0.5) is 0 Å². The van der Waals surface area contributed by atoms with Crippen molar-refractivity contribution in [3.05, 3.63) is 46.8 Å². The minimum atomic E-state index is -1.31. The Balaban J connectivity index is 1.60. The van der Waals surface area contributed by atoms with Crippen molar-refractivity contribution in [3.63, 3.8) is 0 Å². The van der Waals surface area contributed by atoms with Gasteiger partial charge in [0.2, 0.25) is 6.35 Å². The molecule has 7 heteroatoms. The summed E-state index contributed by atoms with van der Waals surface area (Å²) >= 11 is 0. The zero-order chi connectivity index (χ0) is 16.4. The van der Waals surface area contributed by atoms with Crippen LogP contribution in [0.5, 0.6) is 0 Å². The summed E-state index contributed by atoms with van der Waals surface area (Å²) in [6.07, 6.45) is 1.61. The number of nitrogens with two attached hydrogens (primary N) is 1. The summed E-state index contributed by atoms with van der Waals surface area (Å²) in [7, 11) is 0. The number of benzene rings is 1. The molecule has 0 bridgehead atoms. The zero-order valence-electron chi connectivity index (χ0n) is 12.6. The fourth-order valence-corrected chi connectivity index (χ4v) is 3.03. The third-order valence-electron chi connectivity index (χ3n) is 4.29. The third-order valence-corrected chi connectivity index (χ3v) is 4.29. The van der Waals surface area contributed by atoms with Crippen molar-refractivity contribution in [1.82, 2.24) is 16.0 Å². The molecular formula is C16H20N4O3. The first-order valence-corrected chi connectivity index (χ1v) is 7.65. The van der Waals surface area contributed by atoms with Gasteiger partial charge in [0.05, 0.1) is 0 Å². The molecule has 0 saturated heterocycles. The number of nitrogens with one attached hydrogen (secondary N) is 3. The summed E-state index contributed by atoms with van der Waals surface area (Å²) in [4.78, 5) is 23.7. The van der Waals surface area contributed by atoms with Crippen LogP contribution in [0, 0.1) is 5.92 Å². The predicted octanol–water partition coefficient (Wildman–Crippen LogP) is -0.927. The van der Waals surface area contributed by atoms with E-state index < -0.39 is 18.2 Å². The molecule has 2 unspecified atom stereocenters. The number of hydrogen-bond donors (Lipinski definition) is 5. The van der Waals surface area contributed by atoms with Crippen LogP contribution in [-0.4, -0.2) is 29.8 Å². The molecule has 2 atom stereocenters. The maximum Gasteiger partial charge on any atom is 0.272 e. The standard InChI is InChI=1S/C16H20N4O3/c17-12-13(19-16(23)20-14(12)21)15(22)18-8-9-5-6-10-3-1-2-4-11(10)7-9/h1-4,9,16,19,23H,5-8,17H2,(H,18,22)(H,20,21). The lowest BCUT2D eigenvalue weighted by molar-refractivity contribution is -0.125. The maximum absolute atomic E-state index is 12.2. The highest BCUT2D eigenvalue weighted by atomic mass is 16.3. The molecule has 0 spiro atoms. The molecule has 1 aromatic carbocycles. The van der Waals surface area contributed by atoms with E-state index in [1.165, 1.54) is 11.1 Å². The van der Waals surface area contributed by atoms with Crippen molar-refractivity contribution in [2.75, 3.05) is 6.54 Å². The summed E-state index contributed by atoms with van der Waals surface area (Å²) in [6, 6.07) is 8.33. The number of hydrogen-bond acceptors (Lipinski definition) is 5. The predicted molar refractivity (Wildman–Crippen MR) is 83.5 cm³/mol. The third kappa shape index (κ3) is 3.29. The summed E-state index contributed by atoms with van der Waals surface area (Å²) in [5, 5.41) is 16.9. The Bertz CT molecular complexity index is 671. The summed E-state index contributed by atoms with van der Waals surface area (Å²) in [5.74, 6) is -0.790. The first kappa shape index (κ1) is 15.4. The van der Waals surface area contributed by atoms with E-state index in [0.717, 1.165) is 19.3 Å². The molecule has 1 aromatic rings. The quantitative estimate of drug-likeness (QED) is 0.494. The molecule has 1 aliphatic heterocycles. The van der Waals surface area contributed by atoms with Gasteiger partial charge in [0.25, 0.3) is 11.8 Å². The molecule has 6 N–H and O–H groups in total. The van der Waals surface area contributed by atoms with Gasteiger partial charge >= 0.3 is 0 Å². The van der Waals surface area contributed by atoms with Crippen molar-refractivity contribution in [3.8, 4) is 0 Å². The van der Waals surface area contributed by atoms with E-state index in [9.17, 15) is 14.7 Å². The van der Waals surface area contributed by atoms with Gasteiger partial charge in [-0.3, -0.25) is 9.59 Å². The van der Waals surface area contributed by atoms with Gasteiger partial charge in [-0.15, -0.1) is 0 Å². The molecule has 3 rings (SSSR count). The maximum atomic E-state index is 12.2. The second kappa shape index (κ2) is 6.29. The number of aliphatic hydroxyl groups is 1. The Morgan fingerprint density at radius 3 is 2.83 bits per heavy atom. The van der Waals surface area contributed by atoms with E-state index in [0.29, 0.717) is 12.5 Å². The van der Waals surface area contributed by atoms with Gasteiger partial charge in [-0.2, -0.15) is 0 Å². The van der Waals surface area contributed by atoms with E-state index in [2.05, 4.69) is 28.1 Å². The number of carbonyl (C=O) groups is 2. The highest BCUT2D eigenvalue weighted by Gasteiger charge is 2.27. The van der Waals surface area contributed by atoms with Crippen LogP contribution >= 0.6 is 0 Å². The molecule has 1 aliphatic carbocycles. The van der Waals surface area contributed by atoms with Crippen LogP contribution in [0.1, 0.15) is 17.5 Å². The first-order valence-electron chi connectivity index (χ1n) is 7.65. The van der Waals surface area contributed by atoms with E-state index in [1.54, 1.807) is 0 Å². The van der Waals surface area contributed by atoms with Gasteiger partial charge in [-0.25, -0.2) is 0 Å². The van der Waals surface area contributed by atoms with Gasteiger partial charge < -0.3 is 26.8 Å². The largest absolute Gasteiger partial charge is 0.392 e. The van der Waals surface area contributed by atoms with Crippen LogP contribution in [0.3, 0.4) is 0 Å². The summed E-state index contributed by atoms with van der Waals surface area (Å²) in [6.45, 7) is 0.503. The van der Waals surface area contributed by atoms with Crippen LogP contribution < -0.4 is 21.7 Å². The Hall–Kier alpha value is -2.54. The molecule has 122 valence electrons. The number of carbonyl (C=O) groups excluding carboxylic acids is 2. The number of rotatable bonds is 3. The lowest BCUT2D eigenvalue weighted by Gasteiger charge is -2.27. The number of fused-ring (bicyclic) bond motifs is 1. The van der Waals surface area contributed by atoms with Crippen LogP contribution in [-0.2, 0) is 22.4 Å². The minimum Gasteiger partial charge on any atom is -0.392 e. The lowest BCUT2D eigenvalue weighted by Crippen LogP contribution is -2.55. The first-order chi connectivity index (χ1) is 11.0. The average Bonchev–Trinajstić information content (AvgIpc) is 2.55. The van der Waals surface area contributed by atoms with Gasteiger partial charge in [0, 0.05) is 6.54 Å². The van der Waals surface area contributed by atoms with E-state index in [-0.39, 0.29) is 11.4 Å². The van der Waals surface area contributed by atoms with Crippen molar-refractivity contribution in [2.45, 2.75) is 25.6 Å². The van der Waals surface area contributed by atoms with Crippen molar-refractivity contribution >= 4 is 11.8 Å². The SMILES string of the molecule is NC1=C(C(=O)NCC2CCc3ccccc3C2)NC(O)NC1=O. The summed E-state index contributed by atoms with van der Waals surface area (Å²) in [5.41, 5.74) is 7.98. The Morgan fingerprint density at radius 2 is 2.04 bits per heavy atom. The fourth-order valence-electron chi connectivity index (χ4n) is 3.03. The van der Waals surface area contributed by atoms with Crippen LogP contribution in [0.15, 0.2) is 35.7 Å². The Morgan fingerprint density at radius 1 is 1.30 bits per heavy atom. The number of amides is 2. The number of aliphatic hydroxyl groups excluding tert-OH is 1. The molecule has 0 aromatic heterocycles. The van der Waals surface area contributed by atoms with Crippen LogP contribution in [0.25, 0.3) is 0 Å². The van der Waals surface area contributed by atoms with Gasteiger partial charge in [-0.1, -0.05) is 24.3 Å². The topological polar surface area (TPSA) is 116 Å². The van der Waals surface area contributed by atoms with Gasteiger partial charge in [-0.05, 0) is 36.3 Å². The molecule has 2 amide bonds. The number of aryl methyl sites for hydroxylation is 1. The second-order valence-corrected chi connectivity index (χ2v) is 5.90. The second-order valence-electron chi connectivity index (χ2n) is 5.90. The van der Waals surface area contributed by atoms with E-state index in [1.807, 2.05) is 12.1 Å². The van der Waals surface area contributed by atoms with Crippen molar-refractivity contribution in [2.24, 2.45) is 11.7 Å². The Kier molecular flexibility index (Phi) is 4.20. The fraction of sp³-hybridized carbons (Fsp3) is 0.375. The molecule has 1 heterocycles. The van der Waals surface area contributed by atoms with Gasteiger partial charge in [0.15, 0.2) is 0 Å².